The van der Waals surface area contributed by atoms with Crippen LogP contribution in [0.2, 0.25) is 0 Å². The van der Waals surface area contributed by atoms with Gasteiger partial charge in [0.15, 0.2) is 5.82 Å². The molecule has 0 unspecified atom stereocenters. The average Bonchev–Trinajstić information content (AvgIpc) is 2.32. The third-order valence-corrected chi connectivity index (χ3v) is 1.47. The van der Waals surface area contributed by atoms with E-state index in [1.165, 1.54) is 0 Å². The van der Waals surface area contributed by atoms with Crippen LogP contribution in [0.3, 0.4) is 0 Å². The molecule has 0 aromatic carbocycles. The highest BCUT2D eigenvalue weighted by Crippen LogP contribution is 2.17. The number of tetrazole rings is 1. The number of rotatable bonds is 2. The first-order valence-corrected chi connectivity index (χ1v) is 4.28. The summed E-state index contributed by atoms with van der Waals surface area (Å²) in [6.07, 6.45) is 0.882. The molecule has 0 aliphatic carbocycles. The Morgan fingerprint density at radius 2 is 2.00 bits per heavy atom. The van der Waals surface area contributed by atoms with Crippen molar-refractivity contribution in [2.45, 2.75) is 40.7 Å². The number of aromatic nitrogens is 4. The highest BCUT2D eigenvalue weighted by atomic mass is 15.6. The molecule has 0 saturated heterocycles. The maximum atomic E-state index is 4.21. The Kier molecular flexibility index (Phi) is 2.45. The summed E-state index contributed by atoms with van der Waals surface area (Å²) in [6.45, 7) is 9.29. The minimum absolute atomic E-state index is 0.238. The van der Waals surface area contributed by atoms with Gasteiger partial charge in [-0.3, -0.25) is 0 Å². The van der Waals surface area contributed by atoms with Crippen LogP contribution < -0.4 is 0 Å². The van der Waals surface area contributed by atoms with Crippen molar-refractivity contribution < 1.29 is 0 Å². The predicted octanol–water partition coefficient (Wildman–Crippen LogP) is 1.28. The summed E-state index contributed by atoms with van der Waals surface area (Å²) < 4.78 is 0. The Hall–Kier alpha value is -0.930. The number of nitrogens with zero attached hydrogens (tertiary/aromatic N) is 4. The molecule has 4 nitrogen and oxygen atoms in total. The smallest absolute Gasteiger partial charge is 0.164 e. The summed E-state index contributed by atoms with van der Waals surface area (Å²) in [4.78, 5) is 1.61. The fourth-order valence-corrected chi connectivity index (χ4v) is 0.955. The lowest BCUT2D eigenvalue weighted by Gasteiger charge is -2.14. The Morgan fingerprint density at radius 3 is 2.42 bits per heavy atom. The summed E-state index contributed by atoms with van der Waals surface area (Å²) in [5, 5.41) is 12.1. The summed E-state index contributed by atoms with van der Waals surface area (Å²) in [5.74, 6) is 0.837. The van der Waals surface area contributed by atoms with Crippen molar-refractivity contribution in [3.63, 3.8) is 0 Å². The van der Waals surface area contributed by atoms with E-state index in [1.54, 1.807) is 4.80 Å². The average molecular weight is 168 g/mol. The maximum absolute atomic E-state index is 4.21. The maximum Gasteiger partial charge on any atom is 0.175 e. The Balaban J connectivity index is 2.64. The first kappa shape index (κ1) is 9.16. The number of hydrogen-bond acceptors (Lipinski definition) is 3. The molecule has 0 radical (unpaired) electrons. The molecule has 4 heteroatoms. The first-order chi connectivity index (χ1) is 5.51. The summed E-state index contributed by atoms with van der Waals surface area (Å²) in [7, 11) is 0. The topological polar surface area (TPSA) is 43.6 Å². The van der Waals surface area contributed by atoms with Gasteiger partial charge in [-0.2, -0.15) is 4.80 Å². The lowest BCUT2D eigenvalue weighted by molar-refractivity contribution is 0.399. The molecule has 1 aromatic heterocycles. The third kappa shape index (κ3) is 2.60. The fraction of sp³-hybridized carbons (Fsp3) is 0.875. The molecule has 0 bridgehead atoms. The van der Waals surface area contributed by atoms with Gasteiger partial charge >= 0.3 is 0 Å². The van der Waals surface area contributed by atoms with Crippen LogP contribution in [0.25, 0.3) is 0 Å². The highest BCUT2D eigenvalue weighted by molar-refractivity contribution is 4.83. The lowest BCUT2D eigenvalue weighted by atomic mass is 9.92. The zero-order valence-corrected chi connectivity index (χ0v) is 8.20. The molecule has 12 heavy (non-hydrogen) atoms. The van der Waals surface area contributed by atoms with Gasteiger partial charge in [0.2, 0.25) is 0 Å². The van der Waals surface area contributed by atoms with Crippen molar-refractivity contribution in [1.29, 1.82) is 0 Å². The van der Waals surface area contributed by atoms with Gasteiger partial charge in [0, 0.05) is 6.42 Å². The second kappa shape index (κ2) is 3.21. The summed E-state index contributed by atoms with van der Waals surface area (Å²) >= 11 is 0. The Morgan fingerprint density at radius 1 is 1.33 bits per heavy atom. The zero-order valence-electron chi connectivity index (χ0n) is 8.20. The van der Waals surface area contributed by atoms with Crippen LogP contribution in [-0.4, -0.2) is 20.2 Å². The lowest BCUT2D eigenvalue weighted by Crippen LogP contribution is -2.10. The third-order valence-electron chi connectivity index (χ3n) is 1.47. The van der Waals surface area contributed by atoms with Crippen LogP contribution in [0.4, 0.5) is 0 Å². The predicted molar refractivity (Wildman–Crippen MR) is 46.7 cm³/mol. The molecule has 0 fully saturated rings. The molecule has 1 aromatic rings. The zero-order chi connectivity index (χ0) is 9.19. The molecule has 0 aliphatic rings. The van der Waals surface area contributed by atoms with E-state index in [4.69, 9.17) is 0 Å². The number of aryl methyl sites for hydroxylation is 1. The van der Waals surface area contributed by atoms with E-state index in [9.17, 15) is 0 Å². The van der Waals surface area contributed by atoms with E-state index in [2.05, 4.69) is 36.2 Å². The summed E-state index contributed by atoms with van der Waals surface area (Å²) in [5.41, 5.74) is 0.238. The Bertz CT molecular complexity index is 246. The first-order valence-electron chi connectivity index (χ1n) is 4.28. The molecular weight excluding hydrogens is 152 g/mol. The molecule has 0 amide bonds. The minimum atomic E-state index is 0.238. The van der Waals surface area contributed by atoms with E-state index < -0.39 is 0 Å². The normalized spacial score (nSPS) is 12.0. The van der Waals surface area contributed by atoms with Gasteiger partial charge in [0.05, 0.1) is 6.54 Å². The van der Waals surface area contributed by atoms with Gasteiger partial charge in [-0.05, 0) is 17.6 Å². The van der Waals surface area contributed by atoms with E-state index in [-0.39, 0.29) is 5.41 Å². The van der Waals surface area contributed by atoms with Crippen LogP contribution in [-0.2, 0) is 13.0 Å². The molecule has 0 atom stereocenters. The minimum Gasteiger partial charge on any atom is -0.164 e. The van der Waals surface area contributed by atoms with Gasteiger partial charge in [-0.1, -0.05) is 20.8 Å². The molecule has 0 N–H and O–H groups in total. The van der Waals surface area contributed by atoms with Gasteiger partial charge < -0.3 is 0 Å². The SMILES string of the molecule is CCn1nnc(CC(C)(C)C)n1. The highest BCUT2D eigenvalue weighted by Gasteiger charge is 2.14. The molecule has 0 aliphatic heterocycles. The second-order valence-electron chi connectivity index (χ2n) is 4.13. The molecule has 1 heterocycles. The Labute approximate surface area is 73.0 Å². The van der Waals surface area contributed by atoms with Gasteiger partial charge in [-0.15, -0.1) is 10.2 Å². The van der Waals surface area contributed by atoms with Crippen molar-refractivity contribution >= 4 is 0 Å². The van der Waals surface area contributed by atoms with Crippen LogP contribution in [0, 0.1) is 5.41 Å². The quantitative estimate of drug-likeness (QED) is 0.668. The van der Waals surface area contributed by atoms with Gasteiger partial charge in [0.1, 0.15) is 0 Å². The monoisotopic (exact) mass is 168 g/mol. The fourth-order valence-electron chi connectivity index (χ4n) is 0.955. The van der Waals surface area contributed by atoms with Gasteiger partial charge in [-0.25, -0.2) is 0 Å². The van der Waals surface area contributed by atoms with Crippen LogP contribution in [0.1, 0.15) is 33.5 Å². The number of hydrogen-bond donors (Lipinski definition) is 0. The second-order valence-corrected chi connectivity index (χ2v) is 4.13. The van der Waals surface area contributed by atoms with Crippen molar-refractivity contribution in [3.8, 4) is 0 Å². The van der Waals surface area contributed by atoms with E-state index in [1.807, 2.05) is 6.92 Å². The van der Waals surface area contributed by atoms with E-state index >= 15 is 0 Å². The molecule has 68 valence electrons. The van der Waals surface area contributed by atoms with Crippen molar-refractivity contribution in [2.75, 3.05) is 0 Å². The van der Waals surface area contributed by atoms with E-state index in [0.29, 0.717) is 0 Å². The molecule has 0 spiro atoms. The largest absolute Gasteiger partial charge is 0.175 e. The van der Waals surface area contributed by atoms with Crippen LogP contribution in [0.15, 0.2) is 0 Å². The molecular formula is C8H16N4. The molecule has 1 rings (SSSR count). The van der Waals surface area contributed by atoms with Crippen LogP contribution >= 0.6 is 0 Å². The van der Waals surface area contributed by atoms with E-state index in [0.717, 1.165) is 18.8 Å². The standard InChI is InChI=1S/C8H16N4/c1-5-12-10-7(9-11-12)6-8(2,3)4/h5-6H2,1-4H3. The molecule has 0 saturated carbocycles. The van der Waals surface area contributed by atoms with Crippen molar-refractivity contribution in [1.82, 2.24) is 20.2 Å². The summed E-state index contributed by atoms with van der Waals surface area (Å²) in [6, 6.07) is 0. The van der Waals surface area contributed by atoms with Crippen molar-refractivity contribution in [3.05, 3.63) is 5.82 Å². The van der Waals surface area contributed by atoms with Gasteiger partial charge in [0.25, 0.3) is 0 Å². The van der Waals surface area contributed by atoms with Crippen LogP contribution in [0.5, 0.6) is 0 Å². The van der Waals surface area contributed by atoms with Crippen molar-refractivity contribution in [2.24, 2.45) is 5.41 Å².